The largest absolute Gasteiger partial charge is 0.328 e. The van der Waals surface area contributed by atoms with Gasteiger partial charge in [-0.25, -0.2) is 19.2 Å². The number of imide groups is 2. The molecule has 10 amide bonds. The predicted octanol–water partition coefficient (Wildman–Crippen LogP) is -1.00. The van der Waals surface area contributed by atoms with E-state index >= 15 is 0 Å². The molecule has 0 radical (unpaired) electrons. The van der Waals surface area contributed by atoms with Crippen LogP contribution in [0.2, 0.25) is 0 Å². The lowest BCUT2D eigenvalue weighted by Crippen LogP contribution is -2.59. The topological polar surface area (TPSA) is 128 Å². The van der Waals surface area contributed by atoms with Gasteiger partial charge in [-0.2, -0.15) is 0 Å². The first-order chi connectivity index (χ1) is 14.7. The zero-order valence-electron chi connectivity index (χ0n) is 19.8. The molecule has 0 saturated carbocycles. The van der Waals surface area contributed by atoms with Crippen molar-refractivity contribution in [2.24, 2.45) is 0 Å². The molecule has 2 atom stereocenters. The van der Waals surface area contributed by atoms with E-state index in [2.05, 4.69) is 0 Å². The molecule has 2 unspecified atom stereocenters. The third-order valence-corrected chi connectivity index (χ3v) is 6.08. The number of nitrogens with zero attached hydrogens (tertiary/aromatic N) is 8. The van der Waals surface area contributed by atoms with Gasteiger partial charge in [-0.15, -0.1) is 0 Å². The third-order valence-electron chi connectivity index (χ3n) is 6.08. The summed E-state index contributed by atoms with van der Waals surface area (Å²) in [5.41, 5.74) is 0. The number of rotatable bonds is 4. The lowest BCUT2D eigenvalue weighted by atomic mass is 10.3. The summed E-state index contributed by atoms with van der Waals surface area (Å²) >= 11 is 0. The molecule has 2 fully saturated rings. The maximum atomic E-state index is 13.0. The van der Waals surface area contributed by atoms with Gasteiger partial charge in [0.05, 0.1) is 0 Å². The molecule has 0 aromatic rings. The van der Waals surface area contributed by atoms with Crippen LogP contribution in [0, 0.1) is 0 Å². The van der Waals surface area contributed by atoms with Gasteiger partial charge in [0.15, 0.2) is 12.3 Å². The second kappa shape index (κ2) is 8.51. The summed E-state index contributed by atoms with van der Waals surface area (Å²) in [7, 11) is 11.2. The highest BCUT2D eigenvalue weighted by atomic mass is 16.2. The Labute approximate surface area is 186 Å². The van der Waals surface area contributed by atoms with E-state index in [9.17, 15) is 28.8 Å². The van der Waals surface area contributed by atoms with Crippen molar-refractivity contribution in [1.82, 2.24) is 39.2 Å². The van der Waals surface area contributed by atoms with E-state index in [4.69, 9.17) is 0 Å². The van der Waals surface area contributed by atoms with Crippen molar-refractivity contribution >= 4 is 35.9 Å². The standard InChI is InChI=1S/C18H30N8O6/c1-10(19(2)15(29)21(4)11-13(27)25(8)17(31)23(11)6)20(3)16(30)22(5)12-14(28)26(9)18(32)24(12)7/h10-12H,1-9H3. The fraction of sp³-hybridized carbons (Fsp3) is 0.667. The number of hydrogen-bond donors (Lipinski definition) is 0. The number of likely N-dealkylation sites (N-methyl/N-ethyl adjacent to an activating group) is 6. The van der Waals surface area contributed by atoms with Gasteiger partial charge in [-0.05, 0) is 6.92 Å². The molecule has 2 aliphatic rings. The molecule has 0 aromatic carbocycles. The number of amides is 10. The van der Waals surface area contributed by atoms with Gasteiger partial charge < -0.3 is 9.80 Å². The van der Waals surface area contributed by atoms with E-state index in [1.807, 2.05) is 0 Å². The normalized spacial score (nSPS) is 22.0. The van der Waals surface area contributed by atoms with Crippen molar-refractivity contribution in [1.29, 1.82) is 0 Å². The molecule has 0 aliphatic carbocycles. The van der Waals surface area contributed by atoms with Gasteiger partial charge in [-0.1, -0.05) is 0 Å². The molecule has 0 bridgehead atoms. The van der Waals surface area contributed by atoms with Crippen LogP contribution >= 0.6 is 0 Å². The van der Waals surface area contributed by atoms with E-state index in [0.717, 1.165) is 29.4 Å². The van der Waals surface area contributed by atoms with Crippen molar-refractivity contribution in [2.75, 3.05) is 56.4 Å². The second-order valence-corrected chi connectivity index (χ2v) is 7.97. The van der Waals surface area contributed by atoms with Crippen molar-refractivity contribution in [2.45, 2.75) is 25.4 Å². The van der Waals surface area contributed by atoms with Gasteiger partial charge in [0, 0.05) is 56.4 Å². The van der Waals surface area contributed by atoms with Crippen LogP contribution in [0.25, 0.3) is 0 Å². The Balaban J connectivity index is 2.13. The average Bonchev–Trinajstić information content (AvgIpc) is 3.08. The molecule has 14 nitrogen and oxygen atoms in total. The van der Waals surface area contributed by atoms with Gasteiger partial charge in [-0.3, -0.25) is 39.0 Å². The molecule has 2 aliphatic heterocycles. The molecule has 2 rings (SSSR count). The lowest BCUT2D eigenvalue weighted by Gasteiger charge is -2.39. The number of hydrogen-bond acceptors (Lipinski definition) is 6. The first kappa shape index (κ1) is 24.7. The molecule has 0 spiro atoms. The van der Waals surface area contributed by atoms with Crippen LogP contribution in [0.5, 0.6) is 0 Å². The van der Waals surface area contributed by atoms with Crippen LogP contribution in [0.3, 0.4) is 0 Å². The van der Waals surface area contributed by atoms with Gasteiger partial charge in [0.2, 0.25) is 0 Å². The Kier molecular flexibility index (Phi) is 6.57. The Morgan fingerprint density at radius 3 is 1.19 bits per heavy atom. The highest BCUT2D eigenvalue weighted by Gasteiger charge is 2.47. The van der Waals surface area contributed by atoms with Crippen LogP contribution < -0.4 is 0 Å². The molecule has 32 heavy (non-hydrogen) atoms. The molecular formula is C18H30N8O6. The SMILES string of the molecule is CC(N(C)C(=O)N(C)C1C(=O)N(C)C(=O)N1C)N(C)C(=O)N(C)C1C(=O)N(C)C(=O)N1C. The Morgan fingerprint density at radius 1 is 0.688 bits per heavy atom. The third kappa shape index (κ3) is 3.65. The summed E-state index contributed by atoms with van der Waals surface area (Å²) < 4.78 is 0. The zero-order valence-corrected chi connectivity index (χ0v) is 19.8. The Hall–Kier alpha value is -3.58. The monoisotopic (exact) mass is 454 g/mol. The summed E-state index contributed by atoms with van der Waals surface area (Å²) in [6.45, 7) is 1.59. The molecule has 2 heterocycles. The van der Waals surface area contributed by atoms with Crippen LogP contribution in [0.15, 0.2) is 0 Å². The fourth-order valence-electron chi connectivity index (χ4n) is 3.69. The van der Waals surface area contributed by atoms with Crippen molar-refractivity contribution in [3.8, 4) is 0 Å². The van der Waals surface area contributed by atoms with Gasteiger partial charge >= 0.3 is 24.1 Å². The van der Waals surface area contributed by atoms with Crippen molar-refractivity contribution in [3.05, 3.63) is 0 Å². The summed E-state index contributed by atoms with van der Waals surface area (Å²) in [4.78, 5) is 83.6. The lowest BCUT2D eigenvalue weighted by molar-refractivity contribution is -0.131. The highest BCUT2D eigenvalue weighted by Crippen LogP contribution is 2.20. The van der Waals surface area contributed by atoms with Gasteiger partial charge in [0.25, 0.3) is 11.8 Å². The predicted molar refractivity (Wildman–Crippen MR) is 111 cm³/mol. The molecule has 0 N–H and O–H groups in total. The molecular weight excluding hydrogens is 424 g/mol. The smallest absolute Gasteiger partial charge is 0.307 e. The highest BCUT2D eigenvalue weighted by molar-refractivity contribution is 6.05. The molecule has 2 saturated heterocycles. The van der Waals surface area contributed by atoms with Crippen LogP contribution in [-0.4, -0.2) is 150 Å². The maximum absolute atomic E-state index is 13.0. The van der Waals surface area contributed by atoms with E-state index in [1.54, 1.807) is 6.92 Å². The first-order valence-electron chi connectivity index (χ1n) is 9.74. The van der Waals surface area contributed by atoms with E-state index in [0.29, 0.717) is 0 Å². The number of urea groups is 4. The minimum Gasteiger partial charge on any atom is -0.307 e. The van der Waals surface area contributed by atoms with Crippen LogP contribution in [0.1, 0.15) is 6.92 Å². The van der Waals surface area contributed by atoms with Crippen LogP contribution in [-0.2, 0) is 9.59 Å². The van der Waals surface area contributed by atoms with E-state index < -0.39 is 54.4 Å². The van der Waals surface area contributed by atoms with Gasteiger partial charge in [0.1, 0.15) is 6.17 Å². The number of carbonyl (C=O) groups excluding carboxylic acids is 6. The fourth-order valence-corrected chi connectivity index (χ4v) is 3.69. The van der Waals surface area contributed by atoms with Crippen LogP contribution in [0.4, 0.5) is 19.2 Å². The van der Waals surface area contributed by atoms with E-state index in [1.165, 1.54) is 66.2 Å². The quantitative estimate of drug-likeness (QED) is 0.396. The summed E-state index contributed by atoms with van der Waals surface area (Å²) in [6.07, 6.45) is -3.00. The van der Waals surface area contributed by atoms with Crippen molar-refractivity contribution in [3.63, 3.8) is 0 Å². The minimum absolute atomic E-state index is 0.533. The molecule has 14 heteroatoms. The average molecular weight is 454 g/mol. The molecule has 178 valence electrons. The number of carbonyl (C=O) groups is 6. The molecule has 0 aromatic heterocycles. The second-order valence-electron chi connectivity index (χ2n) is 7.97. The zero-order chi connectivity index (χ0) is 24.8. The summed E-state index contributed by atoms with van der Waals surface area (Å²) in [5, 5.41) is 0. The minimum atomic E-state index is -1.11. The van der Waals surface area contributed by atoms with E-state index in [-0.39, 0.29) is 0 Å². The summed E-state index contributed by atoms with van der Waals surface area (Å²) in [6, 6.07) is -2.27. The Bertz CT molecular complexity index is 796. The Morgan fingerprint density at radius 2 is 0.969 bits per heavy atom. The maximum Gasteiger partial charge on any atom is 0.328 e. The first-order valence-corrected chi connectivity index (χ1v) is 9.74. The summed E-state index contributed by atoms with van der Waals surface area (Å²) in [5.74, 6) is -1.09. The van der Waals surface area contributed by atoms with Crippen molar-refractivity contribution < 1.29 is 28.8 Å².